The van der Waals surface area contributed by atoms with Gasteiger partial charge in [0.1, 0.15) is 11.5 Å². The molecule has 16 heavy (non-hydrogen) atoms. The molecule has 80 valence electrons. The predicted octanol–water partition coefficient (Wildman–Crippen LogP) is 3.12. The van der Waals surface area contributed by atoms with E-state index in [-0.39, 0.29) is 5.78 Å². The van der Waals surface area contributed by atoms with Crippen molar-refractivity contribution in [3.05, 3.63) is 40.6 Å². The van der Waals surface area contributed by atoms with E-state index in [9.17, 15) is 4.79 Å². The van der Waals surface area contributed by atoms with Crippen LogP contribution in [0, 0.1) is 0 Å². The van der Waals surface area contributed by atoms with Crippen LogP contribution >= 0.6 is 11.6 Å². The lowest BCUT2D eigenvalue weighted by atomic mass is 10.1. The fourth-order valence-corrected chi connectivity index (χ4v) is 2.16. The number of carbonyl (C=O) groups excluding carboxylic acids is 1. The molecule has 0 unspecified atom stereocenters. The van der Waals surface area contributed by atoms with Crippen molar-refractivity contribution in [3.63, 3.8) is 0 Å². The van der Waals surface area contributed by atoms with Crippen LogP contribution in [0.15, 0.2) is 28.8 Å². The van der Waals surface area contributed by atoms with E-state index in [1.165, 1.54) is 0 Å². The summed E-state index contributed by atoms with van der Waals surface area (Å²) >= 11 is 5.91. The van der Waals surface area contributed by atoms with Gasteiger partial charge in [0.25, 0.3) is 0 Å². The lowest BCUT2D eigenvalue weighted by molar-refractivity contribution is 0.0995. The third-order valence-electron chi connectivity index (χ3n) is 2.72. The third-order valence-corrected chi connectivity index (χ3v) is 2.95. The Kier molecular flexibility index (Phi) is 2.07. The van der Waals surface area contributed by atoms with Crippen LogP contribution in [-0.2, 0) is 6.42 Å². The van der Waals surface area contributed by atoms with Crippen molar-refractivity contribution in [2.45, 2.75) is 12.8 Å². The number of carbonyl (C=O) groups is 1. The first-order valence-corrected chi connectivity index (χ1v) is 5.41. The largest absolute Gasteiger partial charge is 0.360 e. The second-order valence-electron chi connectivity index (χ2n) is 3.76. The van der Waals surface area contributed by atoms with Crippen molar-refractivity contribution in [2.75, 3.05) is 0 Å². The van der Waals surface area contributed by atoms with Crippen molar-refractivity contribution in [1.29, 1.82) is 0 Å². The number of Topliss-reactive ketones (excluding diaryl/α,β-unsaturated/α-hetero) is 1. The molecule has 0 bridgehead atoms. The van der Waals surface area contributed by atoms with E-state index in [0.717, 1.165) is 5.56 Å². The molecule has 0 amide bonds. The molecule has 1 aromatic carbocycles. The number of hydrogen-bond donors (Lipinski definition) is 0. The number of fused-ring (bicyclic) bond motifs is 1. The van der Waals surface area contributed by atoms with Crippen LogP contribution in [0.4, 0.5) is 0 Å². The first-order valence-electron chi connectivity index (χ1n) is 5.03. The molecule has 1 heterocycles. The third kappa shape index (κ3) is 1.36. The Morgan fingerprint density at radius 2 is 2.19 bits per heavy atom. The zero-order chi connectivity index (χ0) is 11.1. The molecule has 0 aliphatic heterocycles. The van der Waals surface area contributed by atoms with Gasteiger partial charge in [-0.05, 0) is 12.1 Å². The number of benzene rings is 1. The first kappa shape index (κ1) is 9.60. The highest BCUT2D eigenvalue weighted by Crippen LogP contribution is 2.32. The maximum absolute atomic E-state index is 11.7. The summed E-state index contributed by atoms with van der Waals surface area (Å²) in [5.74, 6) is 0.797. The molecular weight excluding hydrogens is 226 g/mol. The summed E-state index contributed by atoms with van der Waals surface area (Å²) in [7, 11) is 0. The Balaban J connectivity index is 2.18. The highest BCUT2D eigenvalue weighted by Gasteiger charge is 2.29. The fraction of sp³-hybridized carbons (Fsp3) is 0.167. The summed E-state index contributed by atoms with van der Waals surface area (Å²) in [6, 6.07) is 7.27. The van der Waals surface area contributed by atoms with Crippen molar-refractivity contribution < 1.29 is 9.32 Å². The Hall–Kier alpha value is -1.61. The van der Waals surface area contributed by atoms with Crippen LogP contribution in [0.3, 0.4) is 0 Å². The molecular formula is C12H8ClNO2. The van der Waals surface area contributed by atoms with E-state index < -0.39 is 0 Å². The van der Waals surface area contributed by atoms with E-state index in [1.54, 1.807) is 12.1 Å². The minimum Gasteiger partial charge on any atom is -0.360 e. The summed E-state index contributed by atoms with van der Waals surface area (Å²) < 4.78 is 5.16. The van der Waals surface area contributed by atoms with E-state index in [2.05, 4.69) is 5.16 Å². The molecule has 0 atom stereocenters. The van der Waals surface area contributed by atoms with Crippen molar-refractivity contribution >= 4 is 17.4 Å². The quantitative estimate of drug-likeness (QED) is 0.760. The molecule has 0 spiro atoms. The van der Waals surface area contributed by atoms with Gasteiger partial charge in [-0.25, -0.2) is 0 Å². The average molecular weight is 234 g/mol. The predicted molar refractivity (Wildman–Crippen MR) is 59.6 cm³/mol. The highest BCUT2D eigenvalue weighted by atomic mass is 35.5. The molecule has 3 nitrogen and oxygen atoms in total. The second-order valence-corrected chi connectivity index (χ2v) is 4.20. The molecule has 1 aromatic heterocycles. The summed E-state index contributed by atoms with van der Waals surface area (Å²) in [6.45, 7) is 0. The number of aryl methyl sites for hydroxylation is 1. The average Bonchev–Trinajstić information content (AvgIpc) is 2.82. The van der Waals surface area contributed by atoms with E-state index in [1.807, 2.05) is 12.1 Å². The molecule has 0 saturated carbocycles. The normalized spacial score (nSPS) is 14.2. The number of ketones is 1. The lowest BCUT2D eigenvalue weighted by Crippen LogP contribution is -1.93. The molecule has 1 aliphatic carbocycles. The fourth-order valence-electron chi connectivity index (χ4n) is 1.97. The van der Waals surface area contributed by atoms with E-state index in [0.29, 0.717) is 34.9 Å². The van der Waals surface area contributed by atoms with Gasteiger partial charge < -0.3 is 4.52 Å². The molecule has 4 heteroatoms. The van der Waals surface area contributed by atoms with Gasteiger partial charge in [0, 0.05) is 23.4 Å². The van der Waals surface area contributed by atoms with Gasteiger partial charge >= 0.3 is 0 Å². The van der Waals surface area contributed by atoms with Crippen LogP contribution in [-0.4, -0.2) is 10.9 Å². The van der Waals surface area contributed by atoms with E-state index >= 15 is 0 Å². The van der Waals surface area contributed by atoms with Crippen LogP contribution in [0.25, 0.3) is 11.3 Å². The monoisotopic (exact) mass is 233 g/mol. The van der Waals surface area contributed by atoms with Gasteiger partial charge in [-0.15, -0.1) is 0 Å². The summed E-state index contributed by atoms with van der Waals surface area (Å²) in [5.41, 5.74) is 2.06. The van der Waals surface area contributed by atoms with Crippen LogP contribution in [0.1, 0.15) is 22.5 Å². The number of hydrogen-bond acceptors (Lipinski definition) is 3. The van der Waals surface area contributed by atoms with E-state index in [4.69, 9.17) is 16.1 Å². The summed E-state index contributed by atoms with van der Waals surface area (Å²) in [4.78, 5) is 11.7. The lowest BCUT2D eigenvalue weighted by Gasteiger charge is -1.98. The van der Waals surface area contributed by atoms with Crippen molar-refractivity contribution in [2.24, 2.45) is 0 Å². The maximum atomic E-state index is 11.7. The molecule has 2 aromatic rings. The minimum atomic E-state index is 0.103. The summed E-state index contributed by atoms with van der Waals surface area (Å²) in [6.07, 6.45) is 1.17. The standard InChI is InChI=1S/C12H8ClNO2/c13-8-3-1-2-7(6-8)12-11-9(15)4-5-10(11)16-14-12/h1-3,6H,4-5H2. The molecule has 1 aliphatic rings. The summed E-state index contributed by atoms with van der Waals surface area (Å²) in [5, 5.41) is 4.57. The Morgan fingerprint density at radius 3 is 3.00 bits per heavy atom. The topological polar surface area (TPSA) is 43.1 Å². The molecule has 0 N–H and O–H groups in total. The number of nitrogens with zero attached hydrogens (tertiary/aromatic N) is 1. The highest BCUT2D eigenvalue weighted by molar-refractivity contribution is 6.30. The minimum absolute atomic E-state index is 0.103. The van der Waals surface area contributed by atoms with Crippen LogP contribution < -0.4 is 0 Å². The van der Waals surface area contributed by atoms with Crippen molar-refractivity contribution in [3.8, 4) is 11.3 Å². The second kappa shape index (κ2) is 3.46. The molecule has 3 rings (SSSR count). The van der Waals surface area contributed by atoms with Crippen LogP contribution in [0.2, 0.25) is 5.02 Å². The van der Waals surface area contributed by atoms with Gasteiger partial charge in [-0.1, -0.05) is 28.9 Å². The van der Waals surface area contributed by atoms with Crippen LogP contribution in [0.5, 0.6) is 0 Å². The van der Waals surface area contributed by atoms with Gasteiger partial charge in [0.2, 0.25) is 0 Å². The number of rotatable bonds is 1. The van der Waals surface area contributed by atoms with Gasteiger partial charge in [0.05, 0.1) is 5.56 Å². The Labute approximate surface area is 97.0 Å². The SMILES string of the molecule is O=C1CCc2onc(-c3cccc(Cl)c3)c21. The maximum Gasteiger partial charge on any atom is 0.169 e. The van der Waals surface area contributed by atoms with Crippen molar-refractivity contribution in [1.82, 2.24) is 5.16 Å². The number of halogens is 1. The molecule has 0 radical (unpaired) electrons. The number of aromatic nitrogens is 1. The smallest absolute Gasteiger partial charge is 0.169 e. The zero-order valence-corrected chi connectivity index (χ0v) is 9.12. The molecule has 0 fully saturated rings. The first-order chi connectivity index (χ1) is 7.75. The van der Waals surface area contributed by atoms with Gasteiger partial charge in [-0.2, -0.15) is 0 Å². The molecule has 0 saturated heterocycles. The van der Waals surface area contributed by atoms with Gasteiger partial charge in [-0.3, -0.25) is 4.79 Å². The Morgan fingerprint density at radius 1 is 1.31 bits per heavy atom. The zero-order valence-electron chi connectivity index (χ0n) is 8.37. The van der Waals surface area contributed by atoms with Gasteiger partial charge in [0.15, 0.2) is 5.78 Å². The Bertz CT molecular complexity index is 574.